The maximum absolute atomic E-state index is 6.01. The van der Waals surface area contributed by atoms with E-state index in [1.54, 1.807) is 12.1 Å². The van der Waals surface area contributed by atoms with Crippen LogP contribution in [0.3, 0.4) is 0 Å². The minimum Gasteiger partial charge on any atom is -0.441 e. The number of fused-ring (bicyclic) bond motifs is 1. The molecule has 0 radical (unpaired) electrons. The quantitative estimate of drug-likeness (QED) is 0.785. The number of rotatable bonds is 2. The van der Waals surface area contributed by atoms with Gasteiger partial charge in [0.1, 0.15) is 5.52 Å². The summed E-state index contributed by atoms with van der Waals surface area (Å²) in [4.78, 5) is 4.34. The van der Waals surface area contributed by atoms with Crippen LogP contribution in [-0.4, -0.2) is 4.98 Å². The lowest BCUT2D eigenvalue weighted by molar-refractivity contribution is 0.482. The summed E-state index contributed by atoms with van der Waals surface area (Å²) in [6.45, 7) is 4.23. The Morgan fingerprint density at radius 2 is 2.07 bits per heavy atom. The molecule has 1 aromatic heterocycles. The molecule has 0 saturated carbocycles. The second-order valence-corrected chi connectivity index (χ2v) is 4.78. The normalized spacial score (nSPS) is 11.5. The molecule has 80 valence electrons. The number of nitrogens with zero attached hydrogens (tertiary/aromatic N) is 1. The largest absolute Gasteiger partial charge is 0.441 e. The molecule has 2 aromatic rings. The predicted molar refractivity (Wildman–Crippen MR) is 62.6 cm³/mol. The molecular weight excluding hydrogens is 233 g/mol. The topological polar surface area (TPSA) is 26.0 Å². The number of benzene rings is 1. The Kier molecular flexibility index (Phi) is 2.89. The average Bonchev–Trinajstić information content (AvgIpc) is 2.45. The summed E-state index contributed by atoms with van der Waals surface area (Å²) in [6.07, 6.45) is 0.808. The Labute approximate surface area is 98.2 Å². The molecule has 2 nitrogen and oxygen atoms in total. The Balaban J connectivity index is 2.50. The molecule has 0 aliphatic carbocycles. The predicted octanol–water partition coefficient (Wildman–Crippen LogP) is 4.33. The Bertz CT molecular complexity index is 491. The summed E-state index contributed by atoms with van der Waals surface area (Å²) in [5.74, 6) is 1.22. The van der Waals surface area contributed by atoms with Crippen molar-refractivity contribution in [2.45, 2.75) is 20.3 Å². The molecule has 0 aliphatic rings. The maximum atomic E-state index is 6.01. The van der Waals surface area contributed by atoms with Crippen LogP contribution in [0.25, 0.3) is 11.1 Å². The zero-order valence-corrected chi connectivity index (χ0v) is 10.1. The van der Waals surface area contributed by atoms with E-state index in [9.17, 15) is 0 Å². The third kappa shape index (κ3) is 2.27. The lowest BCUT2D eigenvalue weighted by Gasteiger charge is -1.96. The van der Waals surface area contributed by atoms with E-state index in [2.05, 4.69) is 18.8 Å². The van der Waals surface area contributed by atoms with Gasteiger partial charge < -0.3 is 4.42 Å². The zero-order chi connectivity index (χ0) is 11.0. The van der Waals surface area contributed by atoms with Crippen LogP contribution >= 0.6 is 23.2 Å². The Morgan fingerprint density at radius 1 is 1.33 bits per heavy atom. The van der Waals surface area contributed by atoms with Crippen molar-refractivity contribution in [3.05, 3.63) is 28.1 Å². The van der Waals surface area contributed by atoms with Gasteiger partial charge in [0.05, 0.1) is 5.02 Å². The van der Waals surface area contributed by atoms with E-state index >= 15 is 0 Å². The van der Waals surface area contributed by atoms with Crippen molar-refractivity contribution < 1.29 is 4.42 Å². The zero-order valence-electron chi connectivity index (χ0n) is 8.55. The highest BCUT2D eigenvalue weighted by Crippen LogP contribution is 2.28. The first-order valence-corrected chi connectivity index (χ1v) is 5.56. The third-order valence-electron chi connectivity index (χ3n) is 2.04. The SMILES string of the molecule is CC(C)Cc1nc2c(Cl)cc(Cl)cc2o1. The van der Waals surface area contributed by atoms with Gasteiger partial charge in [-0.2, -0.15) is 0 Å². The van der Waals surface area contributed by atoms with Gasteiger partial charge in [0.2, 0.25) is 0 Å². The van der Waals surface area contributed by atoms with Gasteiger partial charge >= 0.3 is 0 Å². The molecule has 0 atom stereocenters. The van der Waals surface area contributed by atoms with Crippen molar-refractivity contribution in [2.24, 2.45) is 5.92 Å². The summed E-state index contributed by atoms with van der Waals surface area (Å²) < 4.78 is 5.56. The van der Waals surface area contributed by atoms with Gasteiger partial charge in [0.25, 0.3) is 0 Å². The summed E-state index contributed by atoms with van der Waals surface area (Å²) in [7, 11) is 0. The summed E-state index contributed by atoms with van der Waals surface area (Å²) in [6, 6.07) is 3.41. The van der Waals surface area contributed by atoms with E-state index in [1.165, 1.54) is 0 Å². The van der Waals surface area contributed by atoms with Gasteiger partial charge in [-0.1, -0.05) is 37.0 Å². The molecule has 0 amide bonds. The van der Waals surface area contributed by atoms with Gasteiger partial charge in [-0.25, -0.2) is 4.98 Å². The fourth-order valence-corrected chi connectivity index (χ4v) is 1.96. The lowest BCUT2D eigenvalue weighted by Crippen LogP contribution is -1.93. The molecule has 15 heavy (non-hydrogen) atoms. The van der Waals surface area contributed by atoms with Crippen LogP contribution in [0.1, 0.15) is 19.7 Å². The molecule has 0 spiro atoms. The number of halogens is 2. The van der Waals surface area contributed by atoms with E-state index in [-0.39, 0.29) is 0 Å². The molecule has 0 saturated heterocycles. The monoisotopic (exact) mass is 243 g/mol. The average molecular weight is 244 g/mol. The van der Waals surface area contributed by atoms with E-state index in [0.717, 1.165) is 6.42 Å². The van der Waals surface area contributed by atoms with Crippen molar-refractivity contribution in [1.82, 2.24) is 4.98 Å². The van der Waals surface area contributed by atoms with Gasteiger partial charge in [0.15, 0.2) is 11.5 Å². The number of oxazole rings is 1. The number of aromatic nitrogens is 1. The number of hydrogen-bond acceptors (Lipinski definition) is 2. The smallest absolute Gasteiger partial charge is 0.195 e. The van der Waals surface area contributed by atoms with Crippen molar-refractivity contribution in [2.75, 3.05) is 0 Å². The second-order valence-electron chi connectivity index (χ2n) is 3.94. The van der Waals surface area contributed by atoms with Crippen LogP contribution in [0.5, 0.6) is 0 Å². The van der Waals surface area contributed by atoms with E-state index < -0.39 is 0 Å². The van der Waals surface area contributed by atoms with Crippen molar-refractivity contribution >= 4 is 34.3 Å². The summed E-state index contributed by atoms with van der Waals surface area (Å²) in [5, 5.41) is 1.11. The molecule has 0 fully saturated rings. The van der Waals surface area contributed by atoms with Crippen LogP contribution in [0.15, 0.2) is 16.5 Å². The molecule has 0 unspecified atom stereocenters. The molecule has 1 aromatic carbocycles. The minimum absolute atomic E-state index is 0.507. The van der Waals surface area contributed by atoms with Gasteiger partial charge in [-0.3, -0.25) is 0 Å². The first kappa shape index (κ1) is 10.8. The maximum Gasteiger partial charge on any atom is 0.195 e. The Hall–Kier alpha value is -0.730. The number of hydrogen-bond donors (Lipinski definition) is 0. The van der Waals surface area contributed by atoms with Gasteiger partial charge in [0, 0.05) is 17.5 Å². The fraction of sp³-hybridized carbons (Fsp3) is 0.364. The molecule has 0 bridgehead atoms. The molecule has 0 N–H and O–H groups in total. The fourth-order valence-electron chi connectivity index (χ4n) is 1.44. The lowest BCUT2D eigenvalue weighted by atomic mass is 10.1. The summed E-state index contributed by atoms with van der Waals surface area (Å²) >= 11 is 11.9. The van der Waals surface area contributed by atoms with Crippen LogP contribution in [0.2, 0.25) is 10.0 Å². The highest BCUT2D eigenvalue weighted by atomic mass is 35.5. The molecule has 1 heterocycles. The standard InChI is InChI=1S/C11H11Cl2NO/c1-6(2)3-10-14-11-8(13)4-7(12)5-9(11)15-10/h4-6H,3H2,1-2H3. The molecule has 2 rings (SSSR count). The first-order chi connectivity index (χ1) is 7.06. The minimum atomic E-state index is 0.507. The van der Waals surface area contributed by atoms with Gasteiger partial charge in [-0.15, -0.1) is 0 Å². The summed E-state index contributed by atoms with van der Waals surface area (Å²) in [5.41, 5.74) is 1.35. The van der Waals surface area contributed by atoms with E-state index in [4.69, 9.17) is 27.6 Å². The van der Waals surface area contributed by atoms with Gasteiger partial charge in [-0.05, 0) is 12.0 Å². The van der Waals surface area contributed by atoms with Crippen LogP contribution in [0, 0.1) is 5.92 Å². The highest BCUT2D eigenvalue weighted by molar-refractivity contribution is 6.38. The molecule has 4 heteroatoms. The van der Waals surface area contributed by atoms with Crippen LogP contribution in [-0.2, 0) is 6.42 Å². The molecular formula is C11H11Cl2NO. The van der Waals surface area contributed by atoms with Crippen molar-refractivity contribution in [3.63, 3.8) is 0 Å². The Morgan fingerprint density at radius 3 is 2.73 bits per heavy atom. The molecule has 0 aliphatic heterocycles. The third-order valence-corrected chi connectivity index (χ3v) is 2.55. The van der Waals surface area contributed by atoms with E-state index in [1.807, 2.05) is 0 Å². The first-order valence-electron chi connectivity index (χ1n) is 4.80. The van der Waals surface area contributed by atoms with E-state index in [0.29, 0.717) is 33.0 Å². The van der Waals surface area contributed by atoms with Crippen LogP contribution < -0.4 is 0 Å². The second kappa shape index (κ2) is 4.03. The highest BCUT2D eigenvalue weighted by Gasteiger charge is 2.11. The van der Waals surface area contributed by atoms with Crippen molar-refractivity contribution in [3.8, 4) is 0 Å². The van der Waals surface area contributed by atoms with Crippen molar-refractivity contribution in [1.29, 1.82) is 0 Å². The van der Waals surface area contributed by atoms with Crippen LogP contribution in [0.4, 0.5) is 0 Å².